The van der Waals surface area contributed by atoms with Crippen LogP contribution in [0.25, 0.3) is 0 Å². The van der Waals surface area contributed by atoms with Gasteiger partial charge in [-0.3, -0.25) is 0 Å². The Morgan fingerprint density at radius 2 is 2.19 bits per heavy atom. The Morgan fingerprint density at radius 1 is 1.50 bits per heavy atom. The van der Waals surface area contributed by atoms with Gasteiger partial charge in [0, 0.05) is 18.1 Å². The van der Waals surface area contributed by atoms with E-state index in [1.54, 1.807) is 0 Å². The van der Waals surface area contributed by atoms with Gasteiger partial charge in [-0.25, -0.2) is 0 Å². The number of hydrogen-bond donors (Lipinski definition) is 2. The van der Waals surface area contributed by atoms with E-state index in [-0.39, 0.29) is 0 Å². The number of nitrogen functional groups attached to an aromatic ring is 1. The van der Waals surface area contributed by atoms with Crippen molar-refractivity contribution in [3.8, 4) is 0 Å². The normalized spacial score (nSPS) is 20.9. The van der Waals surface area contributed by atoms with Crippen LogP contribution in [-0.2, 0) is 0 Å². The Labute approximate surface area is 100 Å². The second kappa shape index (κ2) is 4.55. The van der Waals surface area contributed by atoms with Crippen molar-refractivity contribution in [2.24, 2.45) is 5.41 Å². The standard InChI is InChI=1S/C10H19N5S/c1-10(3-5-15(2)6-4-10)7-12-9-13-8(11)14-16-9/h3-7H2,1-2H3,(H3,11,12,13,14). The third-order valence-corrected chi connectivity index (χ3v) is 3.99. The van der Waals surface area contributed by atoms with Crippen LogP contribution in [0.2, 0.25) is 0 Å². The molecule has 0 atom stereocenters. The third-order valence-electron chi connectivity index (χ3n) is 3.30. The fourth-order valence-corrected chi connectivity index (χ4v) is 2.42. The number of nitrogens with one attached hydrogen (secondary N) is 1. The Hall–Kier alpha value is -0.880. The number of likely N-dealkylation sites (tertiary alicyclic amines) is 1. The summed E-state index contributed by atoms with van der Waals surface area (Å²) in [6.45, 7) is 5.64. The lowest BCUT2D eigenvalue weighted by Crippen LogP contribution is -2.40. The highest BCUT2D eigenvalue weighted by molar-refractivity contribution is 7.09. The summed E-state index contributed by atoms with van der Waals surface area (Å²) in [5.41, 5.74) is 5.85. The monoisotopic (exact) mass is 241 g/mol. The lowest BCUT2D eigenvalue weighted by Gasteiger charge is -2.37. The molecule has 0 amide bonds. The first-order valence-electron chi connectivity index (χ1n) is 5.59. The van der Waals surface area contributed by atoms with Crippen molar-refractivity contribution in [1.82, 2.24) is 14.3 Å². The van der Waals surface area contributed by atoms with Crippen LogP contribution in [0.4, 0.5) is 11.1 Å². The summed E-state index contributed by atoms with van der Waals surface area (Å²) in [4.78, 5) is 6.48. The molecular weight excluding hydrogens is 222 g/mol. The van der Waals surface area contributed by atoms with Gasteiger partial charge in [-0.2, -0.15) is 9.36 Å². The molecule has 1 aromatic heterocycles. The second-order valence-corrected chi connectivity index (χ2v) is 5.68. The van der Waals surface area contributed by atoms with Crippen molar-refractivity contribution in [1.29, 1.82) is 0 Å². The van der Waals surface area contributed by atoms with Crippen molar-refractivity contribution < 1.29 is 0 Å². The minimum absolute atomic E-state index is 0.362. The SMILES string of the molecule is CN1CCC(C)(CNc2nc(N)ns2)CC1. The van der Waals surface area contributed by atoms with Crippen LogP contribution in [0, 0.1) is 5.41 Å². The van der Waals surface area contributed by atoms with Crippen LogP contribution < -0.4 is 11.1 Å². The highest BCUT2D eigenvalue weighted by Crippen LogP contribution is 2.30. The average molecular weight is 241 g/mol. The second-order valence-electron chi connectivity index (χ2n) is 4.93. The lowest BCUT2D eigenvalue weighted by atomic mass is 9.80. The molecule has 0 unspecified atom stereocenters. The molecule has 1 aliphatic rings. The largest absolute Gasteiger partial charge is 0.367 e. The summed E-state index contributed by atoms with van der Waals surface area (Å²) in [5.74, 6) is 0.362. The molecule has 0 aromatic carbocycles. The summed E-state index contributed by atoms with van der Waals surface area (Å²) < 4.78 is 3.95. The Balaban J connectivity index is 1.85. The molecule has 3 N–H and O–H groups in total. The van der Waals surface area contributed by atoms with E-state index in [0.717, 1.165) is 11.7 Å². The first-order valence-corrected chi connectivity index (χ1v) is 6.36. The molecule has 1 aromatic rings. The van der Waals surface area contributed by atoms with Crippen molar-refractivity contribution >= 4 is 22.6 Å². The summed E-state index contributed by atoms with van der Waals surface area (Å²) in [6, 6.07) is 0. The molecule has 1 fully saturated rings. The fourth-order valence-electron chi connectivity index (χ4n) is 1.93. The van der Waals surface area contributed by atoms with Crippen LogP contribution >= 0.6 is 11.5 Å². The van der Waals surface area contributed by atoms with E-state index >= 15 is 0 Å². The van der Waals surface area contributed by atoms with Gasteiger partial charge < -0.3 is 16.0 Å². The Kier molecular flexibility index (Phi) is 3.30. The first kappa shape index (κ1) is 11.6. The molecule has 0 aliphatic carbocycles. The van der Waals surface area contributed by atoms with Gasteiger partial charge in [0.15, 0.2) is 0 Å². The molecule has 0 bridgehead atoms. The Bertz CT molecular complexity index is 343. The van der Waals surface area contributed by atoms with E-state index < -0.39 is 0 Å². The molecule has 2 rings (SSSR count). The minimum atomic E-state index is 0.362. The van der Waals surface area contributed by atoms with E-state index in [1.165, 1.54) is 37.5 Å². The number of nitrogens with two attached hydrogens (primary N) is 1. The maximum absolute atomic E-state index is 5.48. The van der Waals surface area contributed by atoms with Gasteiger partial charge >= 0.3 is 0 Å². The highest BCUT2D eigenvalue weighted by Gasteiger charge is 2.28. The average Bonchev–Trinajstić information content (AvgIpc) is 2.67. The van der Waals surface area contributed by atoms with Crippen LogP contribution in [-0.4, -0.2) is 40.9 Å². The van der Waals surface area contributed by atoms with E-state index in [2.05, 4.69) is 33.5 Å². The number of rotatable bonds is 3. The van der Waals surface area contributed by atoms with Gasteiger partial charge in [0.05, 0.1) is 0 Å². The number of anilines is 2. The third kappa shape index (κ3) is 2.82. The lowest BCUT2D eigenvalue weighted by molar-refractivity contribution is 0.150. The summed E-state index contributed by atoms with van der Waals surface area (Å²) in [6.07, 6.45) is 2.45. The number of hydrogen-bond acceptors (Lipinski definition) is 6. The van der Waals surface area contributed by atoms with E-state index in [0.29, 0.717) is 11.4 Å². The van der Waals surface area contributed by atoms with Crippen LogP contribution in [0.1, 0.15) is 19.8 Å². The highest BCUT2D eigenvalue weighted by atomic mass is 32.1. The first-order chi connectivity index (χ1) is 7.57. The van der Waals surface area contributed by atoms with Crippen molar-refractivity contribution in [2.75, 3.05) is 37.7 Å². The number of piperidine rings is 1. The van der Waals surface area contributed by atoms with Gasteiger partial charge in [-0.05, 0) is 38.4 Å². The fraction of sp³-hybridized carbons (Fsp3) is 0.800. The smallest absolute Gasteiger partial charge is 0.233 e. The minimum Gasteiger partial charge on any atom is -0.367 e. The van der Waals surface area contributed by atoms with Gasteiger partial charge in [-0.1, -0.05) is 6.92 Å². The maximum atomic E-state index is 5.48. The van der Waals surface area contributed by atoms with Gasteiger partial charge in [0.1, 0.15) is 0 Å². The molecule has 0 saturated carbocycles. The molecule has 0 radical (unpaired) electrons. The van der Waals surface area contributed by atoms with Crippen LogP contribution in [0.3, 0.4) is 0 Å². The van der Waals surface area contributed by atoms with Crippen molar-refractivity contribution in [2.45, 2.75) is 19.8 Å². The topological polar surface area (TPSA) is 67.1 Å². The maximum Gasteiger partial charge on any atom is 0.233 e. The summed E-state index contributed by atoms with van der Waals surface area (Å²) in [5, 5.41) is 4.17. The summed E-state index contributed by atoms with van der Waals surface area (Å²) in [7, 11) is 2.18. The zero-order valence-electron chi connectivity index (χ0n) is 9.86. The molecule has 1 saturated heterocycles. The zero-order valence-corrected chi connectivity index (χ0v) is 10.7. The molecule has 1 aliphatic heterocycles. The van der Waals surface area contributed by atoms with Crippen LogP contribution in [0.15, 0.2) is 0 Å². The van der Waals surface area contributed by atoms with Gasteiger partial charge in [-0.15, -0.1) is 0 Å². The van der Waals surface area contributed by atoms with Crippen LogP contribution in [0.5, 0.6) is 0 Å². The van der Waals surface area contributed by atoms with E-state index in [4.69, 9.17) is 5.73 Å². The van der Waals surface area contributed by atoms with Gasteiger partial charge in [0.25, 0.3) is 0 Å². The predicted molar refractivity (Wildman–Crippen MR) is 67.6 cm³/mol. The molecule has 5 nitrogen and oxygen atoms in total. The number of aromatic nitrogens is 2. The molecule has 16 heavy (non-hydrogen) atoms. The zero-order chi connectivity index (χ0) is 11.6. The molecule has 6 heteroatoms. The summed E-state index contributed by atoms with van der Waals surface area (Å²) >= 11 is 1.33. The molecule has 90 valence electrons. The van der Waals surface area contributed by atoms with Gasteiger partial charge in [0.2, 0.25) is 11.1 Å². The van der Waals surface area contributed by atoms with Crippen molar-refractivity contribution in [3.63, 3.8) is 0 Å². The molecule has 2 heterocycles. The Morgan fingerprint density at radius 3 is 2.75 bits per heavy atom. The van der Waals surface area contributed by atoms with E-state index in [1.807, 2.05) is 0 Å². The predicted octanol–water partition coefficient (Wildman–Crippen LogP) is 1.26. The quantitative estimate of drug-likeness (QED) is 0.834. The molecular formula is C10H19N5S. The van der Waals surface area contributed by atoms with E-state index in [9.17, 15) is 0 Å². The number of nitrogens with zero attached hydrogens (tertiary/aromatic N) is 3. The molecule has 0 spiro atoms. The van der Waals surface area contributed by atoms with Crippen molar-refractivity contribution in [3.05, 3.63) is 0 Å².